The van der Waals surface area contributed by atoms with E-state index in [4.69, 9.17) is 0 Å². The highest BCUT2D eigenvalue weighted by atomic mass is 16.2. The van der Waals surface area contributed by atoms with Crippen molar-refractivity contribution < 1.29 is 9.59 Å². The van der Waals surface area contributed by atoms with E-state index in [0.717, 1.165) is 54.0 Å². The summed E-state index contributed by atoms with van der Waals surface area (Å²) in [4.78, 5) is 35.3. The molecule has 27 heavy (non-hydrogen) atoms. The summed E-state index contributed by atoms with van der Waals surface area (Å²) in [6, 6.07) is 7.57. The van der Waals surface area contributed by atoms with Crippen molar-refractivity contribution in [3.05, 3.63) is 53.1 Å². The zero-order valence-electron chi connectivity index (χ0n) is 15.6. The molecule has 1 aromatic heterocycles. The van der Waals surface area contributed by atoms with Crippen molar-refractivity contribution in [2.24, 2.45) is 5.92 Å². The number of rotatable bonds is 5. The van der Waals surface area contributed by atoms with Crippen molar-refractivity contribution in [3.63, 3.8) is 0 Å². The Kier molecular flexibility index (Phi) is 4.88. The second-order valence-corrected chi connectivity index (χ2v) is 7.31. The number of aromatic nitrogens is 2. The molecule has 1 saturated carbocycles. The van der Waals surface area contributed by atoms with E-state index in [1.807, 2.05) is 42.3 Å². The first-order chi connectivity index (χ1) is 13.1. The van der Waals surface area contributed by atoms with Crippen LogP contribution in [0.5, 0.6) is 0 Å². The first-order valence-corrected chi connectivity index (χ1v) is 9.63. The Bertz CT molecular complexity index is 859. The van der Waals surface area contributed by atoms with Gasteiger partial charge in [0.05, 0.1) is 18.7 Å². The highest BCUT2D eigenvalue weighted by molar-refractivity contribution is 5.94. The third-order valence-corrected chi connectivity index (χ3v) is 5.19. The Morgan fingerprint density at radius 2 is 2.00 bits per heavy atom. The highest BCUT2D eigenvalue weighted by Crippen LogP contribution is 2.30. The van der Waals surface area contributed by atoms with Gasteiger partial charge in [-0.25, -0.2) is 9.97 Å². The van der Waals surface area contributed by atoms with Crippen molar-refractivity contribution in [2.75, 3.05) is 11.9 Å². The van der Waals surface area contributed by atoms with Crippen LogP contribution in [0.25, 0.3) is 0 Å². The molecule has 2 aliphatic rings. The topological polar surface area (TPSA) is 75.2 Å². The Labute approximate surface area is 159 Å². The summed E-state index contributed by atoms with van der Waals surface area (Å²) in [7, 11) is 0. The number of nitrogens with one attached hydrogen (secondary N) is 1. The lowest BCUT2D eigenvalue weighted by Crippen LogP contribution is -2.37. The van der Waals surface area contributed by atoms with Gasteiger partial charge in [-0.3, -0.25) is 9.59 Å². The predicted molar refractivity (Wildman–Crippen MR) is 102 cm³/mol. The average molecular weight is 364 g/mol. The van der Waals surface area contributed by atoms with Crippen LogP contribution in [0.4, 0.5) is 5.69 Å². The maximum Gasteiger partial charge on any atom is 0.227 e. The molecule has 2 amide bonds. The van der Waals surface area contributed by atoms with E-state index >= 15 is 0 Å². The molecule has 0 bridgehead atoms. The summed E-state index contributed by atoms with van der Waals surface area (Å²) < 4.78 is 0. The molecule has 1 aromatic carbocycles. The summed E-state index contributed by atoms with van der Waals surface area (Å²) in [6.45, 7) is 3.29. The van der Waals surface area contributed by atoms with Crippen molar-refractivity contribution in [1.82, 2.24) is 14.9 Å². The molecule has 1 aliphatic heterocycles. The Balaban J connectivity index is 1.36. The molecule has 1 N–H and O–H groups in total. The number of fused-ring (bicyclic) bond motifs is 1. The van der Waals surface area contributed by atoms with Gasteiger partial charge in [-0.2, -0.15) is 0 Å². The van der Waals surface area contributed by atoms with Crippen LogP contribution >= 0.6 is 0 Å². The molecule has 6 heteroatoms. The van der Waals surface area contributed by atoms with Gasteiger partial charge >= 0.3 is 0 Å². The minimum Gasteiger partial charge on any atom is -0.336 e. The van der Waals surface area contributed by atoms with Gasteiger partial charge in [0, 0.05) is 30.8 Å². The van der Waals surface area contributed by atoms with Gasteiger partial charge in [0.2, 0.25) is 11.8 Å². The van der Waals surface area contributed by atoms with Gasteiger partial charge in [-0.15, -0.1) is 0 Å². The molecule has 140 valence electrons. The van der Waals surface area contributed by atoms with Gasteiger partial charge in [0.1, 0.15) is 5.82 Å². The Morgan fingerprint density at radius 1 is 1.22 bits per heavy atom. The van der Waals surface area contributed by atoms with Gasteiger partial charge in [-0.1, -0.05) is 19.1 Å². The number of hydrogen-bond acceptors (Lipinski definition) is 4. The SMILES string of the molecule is CCc1ncc2c(n1)CN(C(=O)Cc1ccc(NC(=O)C3CC3)cc1)CC2. The first kappa shape index (κ1) is 17.6. The minimum absolute atomic E-state index is 0.0965. The lowest BCUT2D eigenvalue weighted by atomic mass is 10.0. The summed E-state index contributed by atoms with van der Waals surface area (Å²) in [5.74, 6) is 1.21. The molecule has 2 aromatic rings. The third-order valence-electron chi connectivity index (χ3n) is 5.19. The molecular weight excluding hydrogens is 340 g/mol. The normalized spacial score (nSPS) is 16.0. The van der Waals surface area contributed by atoms with Gasteiger partial charge in [0.25, 0.3) is 0 Å². The first-order valence-electron chi connectivity index (χ1n) is 9.63. The van der Waals surface area contributed by atoms with Crippen LogP contribution in [-0.2, 0) is 35.4 Å². The fourth-order valence-corrected chi connectivity index (χ4v) is 3.31. The molecule has 0 spiro atoms. The fraction of sp³-hybridized carbons (Fsp3) is 0.429. The molecule has 0 saturated heterocycles. The van der Waals surface area contributed by atoms with E-state index in [1.165, 1.54) is 0 Å². The average Bonchev–Trinajstić information content (AvgIpc) is 3.54. The van der Waals surface area contributed by atoms with Crippen LogP contribution in [0.15, 0.2) is 30.5 Å². The number of hydrogen-bond donors (Lipinski definition) is 1. The van der Waals surface area contributed by atoms with Crippen LogP contribution < -0.4 is 5.32 Å². The van der Waals surface area contributed by atoms with E-state index in [9.17, 15) is 9.59 Å². The largest absolute Gasteiger partial charge is 0.336 e. The Hall–Kier alpha value is -2.76. The van der Waals surface area contributed by atoms with E-state index in [1.54, 1.807) is 0 Å². The quantitative estimate of drug-likeness (QED) is 0.885. The number of nitrogens with zero attached hydrogens (tertiary/aromatic N) is 3. The van der Waals surface area contributed by atoms with Gasteiger partial charge < -0.3 is 10.2 Å². The monoisotopic (exact) mass is 364 g/mol. The molecule has 1 aliphatic carbocycles. The number of anilines is 1. The van der Waals surface area contributed by atoms with Gasteiger partial charge in [-0.05, 0) is 42.5 Å². The van der Waals surface area contributed by atoms with E-state index in [2.05, 4.69) is 15.3 Å². The zero-order valence-corrected chi connectivity index (χ0v) is 15.6. The van der Waals surface area contributed by atoms with Crippen molar-refractivity contribution in [3.8, 4) is 0 Å². The number of aryl methyl sites for hydroxylation is 1. The van der Waals surface area contributed by atoms with Crippen LogP contribution in [0, 0.1) is 5.92 Å². The highest BCUT2D eigenvalue weighted by Gasteiger charge is 2.29. The predicted octanol–water partition coefficient (Wildman–Crippen LogP) is 2.51. The molecule has 6 nitrogen and oxygen atoms in total. The standard InChI is InChI=1S/C21H24N4O2/c1-2-19-22-12-16-9-10-25(13-18(16)24-19)20(26)11-14-3-7-17(8-4-14)23-21(27)15-5-6-15/h3-4,7-8,12,15H,2,5-6,9-11,13H2,1H3,(H,23,27). The number of carbonyl (C=O) groups is 2. The van der Waals surface area contributed by atoms with Crippen molar-refractivity contribution >= 4 is 17.5 Å². The lowest BCUT2D eigenvalue weighted by Gasteiger charge is -2.28. The maximum atomic E-state index is 12.7. The lowest BCUT2D eigenvalue weighted by molar-refractivity contribution is -0.131. The molecule has 1 fully saturated rings. The molecule has 2 heterocycles. The van der Waals surface area contributed by atoms with Gasteiger partial charge in [0.15, 0.2) is 0 Å². The smallest absolute Gasteiger partial charge is 0.227 e. The molecule has 0 atom stereocenters. The summed E-state index contributed by atoms with van der Waals surface area (Å²) >= 11 is 0. The van der Waals surface area contributed by atoms with Crippen LogP contribution in [0.1, 0.15) is 42.4 Å². The zero-order chi connectivity index (χ0) is 18.8. The van der Waals surface area contributed by atoms with E-state index < -0.39 is 0 Å². The van der Waals surface area contributed by atoms with Crippen LogP contribution in [-0.4, -0.2) is 33.2 Å². The number of amides is 2. The molecule has 0 radical (unpaired) electrons. The van der Waals surface area contributed by atoms with Crippen molar-refractivity contribution in [2.45, 2.75) is 45.6 Å². The molecule has 4 rings (SSSR count). The maximum absolute atomic E-state index is 12.7. The van der Waals surface area contributed by atoms with Crippen LogP contribution in [0.2, 0.25) is 0 Å². The summed E-state index contributed by atoms with van der Waals surface area (Å²) in [6.07, 6.45) is 5.84. The summed E-state index contributed by atoms with van der Waals surface area (Å²) in [5.41, 5.74) is 3.86. The van der Waals surface area contributed by atoms with Crippen LogP contribution in [0.3, 0.4) is 0 Å². The van der Waals surface area contributed by atoms with E-state index in [-0.39, 0.29) is 17.7 Å². The Morgan fingerprint density at radius 3 is 2.70 bits per heavy atom. The van der Waals surface area contributed by atoms with E-state index in [0.29, 0.717) is 19.5 Å². The number of benzene rings is 1. The van der Waals surface area contributed by atoms with Crippen molar-refractivity contribution in [1.29, 1.82) is 0 Å². The summed E-state index contributed by atoms with van der Waals surface area (Å²) in [5, 5.41) is 2.92. The fourth-order valence-electron chi connectivity index (χ4n) is 3.31. The molecular formula is C21H24N4O2. The molecule has 0 unspecified atom stereocenters. The second-order valence-electron chi connectivity index (χ2n) is 7.31. The number of carbonyl (C=O) groups excluding carboxylic acids is 2. The minimum atomic E-state index is 0.0965. The third kappa shape index (κ3) is 4.15. The second kappa shape index (κ2) is 7.47.